The van der Waals surface area contributed by atoms with Crippen LogP contribution in [-0.2, 0) is 4.79 Å². The van der Waals surface area contributed by atoms with E-state index in [9.17, 15) is 9.59 Å². The van der Waals surface area contributed by atoms with Crippen molar-refractivity contribution in [2.75, 3.05) is 6.54 Å². The summed E-state index contributed by atoms with van der Waals surface area (Å²) in [5.74, 6) is -1.29. The Morgan fingerprint density at radius 3 is 2.79 bits per heavy atom. The molecular formula is C14H14N2O3. The minimum atomic E-state index is -0.943. The number of amides is 1. The first kappa shape index (κ1) is 13.0. The van der Waals surface area contributed by atoms with Crippen molar-refractivity contribution in [2.24, 2.45) is 0 Å². The highest BCUT2D eigenvalue weighted by Gasteiger charge is 2.12. The summed E-state index contributed by atoms with van der Waals surface area (Å²) in [5.41, 5.74) is 1.39. The third-order valence-electron chi connectivity index (χ3n) is 2.86. The van der Waals surface area contributed by atoms with Gasteiger partial charge in [-0.15, -0.1) is 0 Å². The number of carboxylic acid groups (broad SMARTS) is 1. The van der Waals surface area contributed by atoms with Crippen molar-refractivity contribution in [3.63, 3.8) is 0 Å². The molecular weight excluding hydrogens is 244 g/mol. The van der Waals surface area contributed by atoms with Gasteiger partial charge in [0.05, 0.1) is 6.42 Å². The molecule has 2 rings (SSSR count). The van der Waals surface area contributed by atoms with Gasteiger partial charge in [-0.05, 0) is 23.9 Å². The van der Waals surface area contributed by atoms with Crippen molar-refractivity contribution in [1.29, 1.82) is 0 Å². The van der Waals surface area contributed by atoms with E-state index < -0.39 is 5.97 Å². The largest absolute Gasteiger partial charge is 0.481 e. The van der Waals surface area contributed by atoms with Gasteiger partial charge in [0, 0.05) is 18.1 Å². The summed E-state index contributed by atoms with van der Waals surface area (Å²) in [6.07, 6.45) is 1.48. The SMILES string of the molecule is Cc1cccc2c(C(=O)NCCC(=O)O)nccc12. The quantitative estimate of drug-likeness (QED) is 0.875. The monoisotopic (exact) mass is 258 g/mol. The maximum atomic E-state index is 12.0. The van der Waals surface area contributed by atoms with Crippen LogP contribution in [0.15, 0.2) is 30.5 Å². The van der Waals surface area contributed by atoms with E-state index in [1.165, 1.54) is 0 Å². The summed E-state index contributed by atoms with van der Waals surface area (Å²) in [6, 6.07) is 7.53. The molecule has 0 spiro atoms. The lowest BCUT2D eigenvalue weighted by Gasteiger charge is -2.07. The molecule has 0 unspecified atom stereocenters. The number of nitrogens with one attached hydrogen (secondary N) is 1. The molecule has 1 aromatic carbocycles. The highest BCUT2D eigenvalue weighted by atomic mass is 16.4. The number of aryl methyl sites for hydroxylation is 1. The van der Waals surface area contributed by atoms with Crippen LogP contribution in [0.2, 0.25) is 0 Å². The van der Waals surface area contributed by atoms with Crippen LogP contribution in [0.3, 0.4) is 0 Å². The van der Waals surface area contributed by atoms with Gasteiger partial charge >= 0.3 is 5.97 Å². The number of pyridine rings is 1. The third kappa shape index (κ3) is 2.88. The Labute approximate surface area is 110 Å². The maximum absolute atomic E-state index is 12.0. The number of carbonyl (C=O) groups excluding carboxylic acids is 1. The van der Waals surface area contributed by atoms with Crippen molar-refractivity contribution in [3.8, 4) is 0 Å². The van der Waals surface area contributed by atoms with E-state index >= 15 is 0 Å². The summed E-state index contributed by atoms with van der Waals surface area (Å²) in [6.45, 7) is 2.06. The second kappa shape index (κ2) is 5.48. The number of hydrogen-bond acceptors (Lipinski definition) is 3. The van der Waals surface area contributed by atoms with E-state index in [2.05, 4.69) is 10.3 Å². The average molecular weight is 258 g/mol. The summed E-state index contributed by atoms with van der Waals surface area (Å²) in [5, 5.41) is 12.8. The van der Waals surface area contributed by atoms with Gasteiger partial charge in [-0.25, -0.2) is 0 Å². The molecule has 0 atom stereocenters. The van der Waals surface area contributed by atoms with Crippen LogP contribution in [0.4, 0.5) is 0 Å². The second-order valence-corrected chi connectivity index (χ2v) is 4.23. The van der Waals surface area contributed by atoms with E-state index in [-0.39, 0.29) is 18.9 Å². The Balaban J connectivity index is 2.27. The van der Waals surface area contributed by atoms with Crippen LogP contribution < -0.4 is 5.32 Å². The molecule has 0 aliphatic carbocycles. The Morgan fingerprint density at radius 2 is 2.05 bits per heavy atom. The zero-order valence-corrected chi connectivity index (χ0v) is 10.5. The fraction of sp³-hybridized carbons (Fsp3) is 0.214. The van der Waals surface area contributed by atoms with Crippen molar-refractivity contribution in [1.82, 2.24) is 10.3 Å². The second-order valence-electron chi connectivity index (χ2n) is 4.23. The van der Waals surface area contributed by atoms with Gasteiger partial charge in [0.15, 0.2) is 0 Å². The molecule has 2 aromatic rings. The van der Waals surface area contributed by atoms with E-state index in [1.54, 1.807) is 6.20 Å². The molecule has 0 bridgehead atoms. The number of carbonyl (C=O) groups is 2. The lowest BCUT2D eigenvalue weighted by atomic mass is 10.0. The van der Waals surface area contributed by atoms with Crippen molar-refractivity contribution in [3.05, 3.63) is 41.7 Å². The lowest BCUT2D eigenvalue weighted by Crippen LogP contribution is -2.27. The molecule has 0 saturated carbocycles. The van der Waals surface area contributed by atoms with Gasteiger partial charge < -0.3 is 10.4 Å². The predicted molar refractivity (Wildman–Crippen MR) is 71.1 cm³/mol. The summed E-state index contributed by atoms with van der Waals surface area (Å²) in [4.78, 5) is 26.5. The molecule has 1 heterocycles. The molecule has 0 fully saturated rings. The van der Waals surface area contributed by atoms with Crippen LogP contribution in [-0.4, -0.2) is 28.5 Å². The number of rotatable bonds is 4. The molecule has 98 valence electrons. The number of fused-ring (bicyclic) bond motifs is 1. The standard InChI is InChI=1S/C14H14N2O3/c1-9-3-2-4-11-10(9)5-7-15-13(11)14(19)16-8-6-12(17)18/h2-5,7H,6,8H2,1H3,(H,16,19)(H,17,18). The van der Waals surface area contributed by atoms with Gasteiger partial charge in [-0.2, -0.15) is 0 Å². The van der Waals surface area contributed by atoms with E-state index in [0.29, 0.717) is 5.69 Å². The average Bonchev–Trinajstić information content (AvgIpc) is 2.38. The van der Waals surface area contributed by atoms with Gasteiger partial charge in [-0.3, -0.25) is 14.6 Å². The van der Waals surface area contributed by atoms with Gasteiger partial charge in [0.2, 0.25) is 0 Å². The number of carboxylic acids is 1. The molecule has 5 nitrogen and oxygen atoms in total. The predicted octanol–water partition coefficient (Wildman–Crippen LogP) is 1.75. The number of aliphatic carboxylic acids is 1. The van der Waals surface area contributed by atoms with Crippen LogP contribution >= 0.6 is 0 Å². The molecule has 0 radical (unpaired) electrons. The molecule has 0 saturated heterocycles. The molecule has 19 heavy (non-hydrogen) atoms. The Kier molecular flexibility index (Phi) is 3.75. The third-order valence-corrected chi connectivity index (χ3v) is 2.86. The molecule has 5 heteroatoms. The van der Waals surface area contributed by atoms with Crippen molar-refractivity contribution in [2.45, 2.75) is 13.3 Å². The van der Waals surface area contributed by atoms with Gasteiger partial charge in [0.25, 0.3) is 5.91 Å². The van der Waals surface area contributed by atoms with Crippen LogP contribution in [0.25, 0.3) is 10.8 Å². The van der Waals surface area contributed by atoms with Crippen LogP contribution in [0.1, 0.15) is 22.5 Å². The zero-order valence-electron chi connectivity index (χ0n) is 10.5. The Bertz CT molecular complexity index is 638. The summed E-state index contributed by atoms with van der Waals surface area (Å²) in [7, 11) is 0. The zero-order chi connectivity index (χ0) is 13.8. The number of aromatic nitrogens is 1. The lowest BCUT2D eigenvalue weighted by molar-refractivity contribution is -0.136. The minimum absolute atomic E-state index is 0.0953. The number of hydrogen-bond donors (Lipinski definition) is 2. The smallest absolute Gasteiger partial charge is 0.305 e. The molecule has 1 aromatic heterocycles. The van der Waals surface area contributed by atoms with Crippen molar-refractivity contribution >= 4 is 22.6 Å². The van der Waals surface area contributed by atoms with Crippen LogP contribution in [0, 0.1) is 6.92 Å². The van der Waals surface area contributed by atoms with E-state index in [0.717, 1.165) is 16.3 Å². The van der Waals surface area contributed by atoms with Crippen LogP contribution in [0.5, 0.6) is 0 Å². The Morgan fingerprint density at radius 1 is 1.26 bits per heavy atom. The topological polar surface area (TPSA) is 79.3 Å². The van der Waals surface area contributed by atoms with Gasteiger partial charge in [-0.1, -0.05) is 18.2 Å². The first-order chi connectivity index (χ1) is 9.09. The van der Waals surface area contributed by atoms with E-state index in [4.69, 9.17) is 5.11 Å². The van der Waals surface area contributed by atoms with E-state index in [1.807, 2.05) is 31.2 Å². The fourth-order valence-corrected chi connectivity index (χ4v) is 1.91. The molecule has 2 N–H and O–H groups in total. The Hall–Kier alpha value is -2.43. The summed E-state index contributed by atoms with van der Waals surface area (Å²) < 4.78 is 0. The molecule has 0 aliphatic rings. The van der Waals surface area contributed by atoms with Crippen molar-refractivity contribution < 1.29 is 14.7 Å². The first-order valence-electron chi connectivity index (χ1n) is 5.94. The maximum Gasteiger partial charge on any atom is 0.305 e. The normalized spacial score (nSPS) is 10.4. The highest BCUT2D eigenvalue weighted by molar-refractivity contribution is 6.05. The molecule has 0 aliphatic heterocycles. The minimum Gasteiger partial charge on any atom is -0.481 e. The first-order valence-corrected chi connectivity index (χ1v) is 5.94. The van der Waals surface area contributed by atoms with Gasteiger partial charge in [0.1, 0.15) is 5.69 Å². The summed E-state index contributed by atoms with van der Waals surface area (Å²) >= 11 is 0. The highest BCUT2D eigenvalue weighted by Crippen LogP contribution is 2.20. The fourth-order valence-electron chi connectivity index (χ4n) is 1.91. The molecule has 1 amide bonds. The number of benzene rings is 1. The number of nitrogens with zero attached hydrogens (tertiary/aromatic N) is 1.